The average Bonchev–Trinajstić information content (AvgIpc) is 2.44. The molecule has 0 saturated carbocycles. The van der Waals surface area contributed by atoms with E-state index in [-0.39, 0.29) is 17.3 Å². The summed E-state index contributed by atoms with van der Waals surface area (Å²) in [6.45, 7) is 1.96. The van der Waals surface area contributed by atoms with Gasteiger partial charge in [-0.1, -0.05) is 22.0 Å². The van der Waals surface area contributed by atoms with Gasteiger partial charge < -0.3 is 5.32 Å². The van der Waals surface area contributed by atoms with E-state index in [1.807, 2.05) is 0 Å². The molecule has 0 radical (unpaired) electrons. The number of aromatic nitrogens is 1. The Bertz CT molecular complexity index is 819. The molecular formula is C15H15BrN2O3S. The second-order valence-electron chi connectivity index (χ2n) is 4.90. The van der Waals surface area contributed by atoms with Gasteiger partial charge in [0.1, 0.15) is 0 Å². The van der Waals surface area contributed by atoms with Gasteiger partial charge in [-0.3, -0.25) is 9.78 Å². The molecule has 1 aromatic carbocycles. The van der Waals surface area contributed by atoms with E-state index in [1.54, 1.807) is 37.4 Å². The molecule has 1 N–H and O–H groups in total. The Kier molecular flexibility index (Phi) is 4.97. The Balaban J connectivity index is 2.17. The first-order valence-electron chi connectivity index (χ1n) is 6.47. The minimum absolute atomic E-state index is 0.167. The molecule has 0 aliphatic carbocycles. The molecule has 116 valence electrons. The van der Waals surface area contributed by atoms with Gasteiger partial charge in [-0.15, -0.1) is 0 Å². The highest BCUT2D eigenvalue weighted by molar-refractivity contribution is 9.10. The third-order valence-electron chi connectivity index (χ3n) is 3.06. The maximum absolute atomic E-state index is 12.1. The molecule has 5 nitrogen and oxygen atoms in total. The molecule has 1 heterocycles. The van der Waals surface area contributed by atoms with Crippen LogP contribution in [0.4, 0.5) is 0 Å². The summed E-state index contributed by atoms with van der Waals surface area (Å²) >= 11 is 3.33. The first kappa shape index (κ1) is 16.6. The molecule has 0 aliphatic rings. The summed E-state index contributed by atoms with van der Waals surface area (Å²) in [5.74, 6) is -0.341. The molecule has 0 unspecified atom stereocenters. The zero-order valence-corrected chi connectivity index (χ0v) is 14.5. The maximum atomic E-state index is 12.1. The Hall–Kier alpha value is -1.73. The predicted octanol–water partition coefficient (Wildman–Crippen LogP) is 2.49. The number of nitrogens with zero attached hydrogens (tertiary/aromatic N) is 1. The van der Waals surface area contributed by atoms with E-state index in [4.69, 9.17) is 0 Å². The van der Waals surface area contributed by atoms with Crippen LogP contribution in [-0.2, 0) is 16.4 Å². The normalized spacial score (nSPS) is 11.2. The third kappa shape index (κ3) is 4.14. The van der Waals surface area contributed by atoms with E-state index < -0.39 is 9.84 Å². The molecule has 2 rings (SSSR count). The second-order valence-corrected chi connectivity index (χ2v) is 7.80. The fraction of sp³-hybridized carbons (Fsp3) is 0.200. The summed E-state index contributed by atoms with van der Waals surface area (Å²) in [5, 5.41) is 2.72. The Labute approximate surface area is 137 Å². The van der Waals surface area contributed by atoms with E-state index in [0.717, 1.165) is 10.7 Å². The largest absolute Gasteiger partial charge is 0.346 e. The van der Waals surface area contributed by atoms with Gasteiger partial charge in [0.05, 0.1) is 17.1 Å². The van der Waals surface area contributed by atoms with Crippen LogP contribution in [-0.4, -0.2) is 25.6 Å². The number of hydrogen-bond donors (Lipinski definition) is 1. The quantitative estimate of drug-likeness (QED) is 0.880. The Morgan fingerprint density at radius 2 is 2.00 bits per heavy atom. The number of benzene rings is 1. The minimum Gasteiger partial charge on any atom is -0.346 e. The zero-order chi connectivity index (χ0) is 16.3. The molecule has 1 aromatic heterocycles. The third-order valence-corrected chi connectivity index (χ3v) is 4.79. The number of rotatable bonds is 4. The summed E-state index contributed by atoms with van der Waals surface area (Å²) in [6.07, 6.45) is 2.77. The summed E-state index contributed by atoms with van der Waals surface area (Å²) in [7, 11) is -3.36. The lowest BCUT2D eigenvalue weighted by atomic mass is 10.1. The van der Waals surface area contributed by atoms with Crippen molar-refractivity contribution >= 4 is 31.7 Å². The van der Waals surface area contributed by atoms with Crippen molar-refractivity contribution in [1.29, 1.82) is 0 Å². The maximum Gasteiger partial charge on any atom is 0.251 e. The van der Waals surface area contributed by atoms with Crippen molar-refractivity contribution in [3.8, 4) is 0 Å². The van der Waals surface area contributed by atoms with Crippen molar-refractivity contribution in [3.63, 3.8) is 0 Å². The van der Waals surface area contributed by atoms with Crippen LogP contribution in [0.25, 0.3) is 0 Å². The van der Waals surface area contributed by atoms with Crippen molar-refractivity contribution in [2.75, 3.05) is 6.26 Å². The lowest BCUT2D eigenvalue weighted by molar-refractivity contribution is 0.0950. The smallest absolute Gasteiger partial charge is 0.251 e. The van der Waals surface area contributed by atoms with Crippen molar-refractivity contribution in [1.82, 2.24) is 10.3 Å². The van der Waals surface area contributed by atoms with Crippen LogP contribution in [0.3, 0.4) is 0 Å². The summed E-state index contributed by atoms with van der Waals surface area (Å²) in [6, 6.07) is 8.23. The van der Waals surface area contributed by atoms with Crippen molar-refractivity contribution in [2.24, 2.45) is 0 Å². The Morgan fingerprint density at radius 1 is 1.27 bits per heavy atom. The molecule has 22 heavy (non-hydrogen) atoms. The van der Waals surface area contributed by atoms with Crippen molar-refractivity contribution in [3.05, 3.63) is 57.8 Å². The molecule has 7 heteroatoms. The van der Waals surface area contributed by atoms with E-state index in [0.29, 0.717) is 16.8 Å². The van der Waals surface area contributed by atoms with Crippen LogP contribution in [0.15, 0.2) is 45.9 Å². The van der Waals surface area contributed by atoms with Crippen LogP contribution in [0.2, 0.25) is 0 Å². The molecule has 2 aromatic rings. The number of aryl methyl sites for hydroxylation is 1. The molecule has 0 spiro atoms. The first-order valence-corrected chi connectivity index (χ1v) is 9.15. The van der Waals surface area contributed by atoms with Gasteiger partial charge in [0.25, 0.3) is 5.91 Å². The molecule has 0 bridgehead atoms. The van der Waals surface area contributed by atoms with Gasteiger partial charge in [0.15, 0.2) is 9.84 Å². The van der Waals surface area contributed by atoms with Gasteiger partial charge in [-0.2, -0.15) is 0 Å². The SMILES string of the molecule is Cc1ccc(C(=O)NCc2cc(Br)ccn2)cc1S(C)(=O)=O. The van der Waals surface area contributed by atoms with Gasteiger partial charge in [-0.05, 0) is 36.8 Å². The summed E-state index contributed by atoms with van der Waals surface area (Å²) in [4.78, 5) is 16.5. The number of pyridine rings is 1. The number of sulfone groups is 1. The average molecular weight is 383 g/mol. The number of carbonyl (C=O) groups is 1. The lowest BCUT2D eigenvalue weighted by Crippen LogP contribution is -2.23. The summed E-state index contributed by atoms with van der Waals surface area (Å²) in [5.41, 5.74) is 1.63. The number of halogens is 1. The van der Waals surface area contributed by atoms with Crippen LogP contribution in [0.1, 0.15) is 21.6 Å². The number of hydrogen-bond acceptors (Lipinski definition) is 4. The summed E-state index contributed by atoms with van der Waals surface area (Å²) < 4.78 is 24.3. The van der Waals surface area contributed by atoms with Crippen LogP contribution >= 0.6 is 15.9 Å². The highest BCUT2D eigenvalue weighted by atomic mass is 79.9. The molecule has 0 atom stereocenters. The lowest BCUT2D eigenvalue weighted by Gasteiger charge is -2.08. The second kappa shape index (κ2) is 6.58. The van der Waals surface area contributed by atoms with E-state index in [9.17, 15) is 13.2 Å². The molecule has 1 amide bonds. The molecule has 0 aliphatic heterocycles. The first-order chi connectivity index (χ1) is 10.3. The fourth-order valence-corrected chi connectivity index (χ4v) is 3.34. The molecular weight excluding hydrogens is 368 g/mol. The molecule has 0 saturated heterocycles. The highest BCUT2D eigenvalue weighted by Crippen LogP contribution is 2.17. The minimum atomic E-state index is -3.36. The van der Waals surface area contributed by atoms with E-state index in [2.05, 4.69) is 26.2 Å². The van der Waals surface area contributed by atoms with Crippen LogP contribution in [0.5, 0.6) is 0 Å². The monoisotopic (exact) mass is 382 g/mol. The van der Waals surface area contributed by atoms with Gasteiger partial charge in [0, 0.05) is 22.5 Å². The molecule has 0 fully saturated rings. The van der Waals surface area contributed by atoms with Crippen molar-refractivity contribution < 1.29 is 13.2 Å². The van der Waals surface area contributed by atoms with E-state index in [1.165, 1.54) is 6.07 Å². The number of amides is 1. The number of nitrogens with one attached hydrogen (secondary N) is 1. The van der Waals surface area contributed by atoms with Gasteiger partial charge >= 0.3 is 0 Å². The topological polar surface area (TPSA) is 76.1 Å². The number of carbonyl (C=O) groups excluding carboxylic acids is 1. The van der Waals surface area contributed by atoms with E-state index >= 15 is 0 Å². The zero-order valence-electron chi connectivity index (χ0n) is 12.1. The standard InChI is InChI=1S/C15H15BrN2O3S/c1-10-3-4-11(7-14(10)22(2,20)21)15(19)18-9-13-8-12(16)5-6-17-13/h3-8H,9H2,1-2H3,(H,18,19). The van der Waals surface area contributed by atoms with Gasteiger partial charge in [0.2, 0.25) is 0 Å². The predicted molar refractivity (Wildman–Crippen MR) is 87.4 cm³/mol. The van der Waals surface area contributed by atoms with Gasteiger partial charge in [-0.25, -0.2) is 8.42 Å². The fourth-order valence-electron chi connectivity index (χ4n) is 1.96. The highest BCUT2D eigenvalue weighted by Gasteiger charge is 2.14. The van der Waals surface area contributed by atoms with Crippen LogP contribution in [0, 0.1) is 6.92 Å². The van der Waals surface area contributed by atoms with Crippen molar-refractivity contribution in [2.45, 2.75) is 18.4 Å². The van der Waals surface area contributed by atoms with Crippen LogP contribution < -0.4 is 5.32 Å². The Morgan fingerprint density at radius 3 is 2.64 bits per heavy atom.